The molecule has 0 spiro atoms. The first kappa shape index (κ1) is 27.9. The van der Waals surface area contributed by atoms with E-state index in [9.17, 15) is 4.79 Å². The first-order chi connectivity index (χ1) is 17.8. The standard InChI is InChI=1S/C30H32ClFN2O3/c1-4-25(26-15-12-23(31)19-27(26)32)30(22-11-16-28(34-33-3)20(2)18-22)21-9-13-24(14-10-21)37-17-7-5-6-8-29(35)36/h9-16,18-19,34H,3-8,17H2,1-2H3,(H,35,36)/b30-25+. The molecule has 3 aromatic rings. The number of halogens is 2. The number of anilines is 1. The van der Waals surface area contributed by atoms with E-state index >= 15 is 4.39 Å². The number of carboxylic acid groups (broad SMARTS) is 1. The monoisotopic (exact) mass is 522 g/mol. The molecular weight excluding hydrogens is 491 g/mol. The highest BCUT2D eigenvalue weighted by molar-refractivity contribution is 6.30. The molecular formula is C30H32ClFN2O3. The van der Waals surface area contributed by atoms with Crippen LogP contribution in [0.5, 0.6) is 5.75 Å². The average Bonchev–Trinajstić information content (AvgIpc) is 2.87. The summed E-state index contributed by atoms with van der Waals surface area (Å²) >= 11 is 6.03. The molecule has 0 aromatic heterocycles. The molecule has 0 aliphatic rings. The van der Waals surface area contributed by atoms with E-state index in [4.69, 9.17) is 21.4 Å². The predicted octanol–water partition coefficient (Wildman–Crippen LogP) is 8.21. The number of carboxylic acids is 1. The Labute approximate surface area is 222 Å². The normalized spacial score (nSPS) is 11.6. The van der Waals surface area contributed by atoms with Crippen molar-refractivity contribution >= 4 is 41.1 Å². The number of hydrogen-bond acceptors (Lipinski definition) is 4. The van der Waals surface area contributed by atoms with Crippen LogP contribution in [-0.4, -0.2) is 24.4 Å². The van der Waals surface area contributed by atoms with Crippen molar-refractivity contribution in [3.63, 3.8) is 0 Å². The maximum atomic E-state index is 15.1. The number of nitrogens with one attached hydrogen (secondary N) is 1. The van der Waals surface area contributed by atoms with Gasteiger partial charge in [-0.25, -0.2) is 4.39 Å². The van der Waals surface area contributed by atoms with Crippen LogP contribution < -0.4 is 10.2 Å². The van der Waals surface area contributed by atoms with Gasteiger partial charge in [-0.3, -0.25) is 10.2 Å². The van der Waals surface area contributed by atoms with E-state index in [2.05, 4.69) is 17.2 Å². The summed E-state index contributed by atoms with van der Waals surface area (Å²) in [7, 11) is 0. The van der Waals surface area contributed by atoms with Gasteiger partial charge in [0.2, 0.25) is 0 Å². The number of aryl methyl sites for hydroxylation is 1. The summed E-state index contributed by atoms with van der Waals surface area (Å²) in [5.74, 6) is -0.413. The van der Waals surface area contributed by atoms with Gasteiger partial charge in [0.1, 0.15) is 11.6 Å². The van der Waals surface area contributed by atoms with Crippen LogP contribution in [0.2, 0.25) is 5.02 Å². The Morgan fingerprint density at radius 3 is 2.41 bits per heavy atom. The van der Waals surface area contributed by atoms with E-state index in [0.29, 0.717) is 30.0 Å². The van der Waals surface area contributed by atoms with Crippen molar-refractivity contribution in [2.75, 3.05) is 12.0 Å². The van der Waals surface area contributed by atoms with E-state index in [1.54, 1.807) is 12.1 Å². The largest absolute Gasteiger partial charge is 0.494 e. The van der Waals surface area contributed by atoms with Gasteiger partial charge in [0.15, 0.2) is 0 Å². The minimum atomic E-state index is -0.774. The van der Waals surface area contributed by atoms with Crippen molar-refractivity contribution in [3.05, 3.63) is 93.8 Å². The number of hydrogen-bond donors (Lipinski definition) is 2. The number of aliphatic carboxylic acids is 1. The molecule has 0 radical (unpaired) electrons. The molecule has 0 fully saturated rings. The molecule has 0 amide bonds. The topological polar surface area (TPSA) is 70.9 Å². The summed E-state index contributed by atoms with van der Waals surface area (Å²) in [6, 6.07) is 18.5. The van der Waals surface area contributed by atoms with Gasteiger partial charge in [0, 0.05) is 23.7 Å². The number of allylic oxidation sites excluding steroid dienone is 1. The molecule has 0 bridgehead atoms. The van der Waals surface area contributed by atoms with Crippen LogP contribution in [0.15, 0.2) is 65.8 Å². The zero-order valence-electron chi connectivity index (χ0n) is 21.2. The molecule has 3 rings (SSSR count). The highest BCUT2D eigenvalue weighted by Crippen LogP contribution is 2.37. The van der Waals surface area contributed by atoms with E-state index in [0.717, 1.165) is 52.1 Å². The van der Waals surface area contributed by atoms with Gasteiger partial charge >= 0.3 is 5.97 Å². The highest BCUT2D eigenvalue weighted by atomic mass is 35.5. The van der Waals surface area contributed by atoms with Crippen LogP contribution in [-0.2, 0) is 4.79 Å². The fourth-order valence-electron chi connectivity index (χ4n) is 4.24. The number of rotatable bonds is 13. The second-order valence-corrected chi connectivity index (χ2v) is 9.14. The lowest BCUT2D eigenvalue weighted by Crippen LogP contribution is -2.00. The van der Waals surface area contributed by atoms with Crippen LogP contribution in [0.1, 0.15) is 61.3 Å². The quantitative estimate of drug-likeness (QED) is 0.103. The third kappa shape index (κ3) is 7.67. The summed E-state index contributed by atoms with van der Waals surface area (Å²) in [5.41, 5.74) is 8.90. The van der Waals surface area contributed by atoms with Crippen molar-refractivity contribution in [1.29, 1.82) is 0 Å². The molecule has 2 N–H and O–H groups in total. The van der Waals surface area contributed by atoms with Crippen LogP contribution in [0.3, 0.4) is 0 Å². The second-order valence-electron chi connectivity index (χ2n) is 8.71. The number of unbranched alkanes of at least 4 members (excludes halogenated alkanes) is 2. The van der Waals surface area contributed by atoms with Gasteiger partial charge in [-0.15, -0.1) is 0 Å². The van der Waals surface area contributed by atoms with Gasteiger partial charge in [0.25, 0.3) is 0 Å². The summed E-state index contributed by atoms with van der Waals surface area (Å²) < 4.78 is 20.9. The number of benzene rings is 3. The fourth-order valence-corrected chi connectivity index (χ4v) is 4.40. The Morgan fingerprint density at radius 1 is 1.05 bits per heavy atom. The number of ether oxygens (including phenoxy) is 1. The lowest BCUT2D eigenvalue weighted by Gasteiger charge is -2.18. The number of carbonyl (C=O) groups is 1. The van der Waals surface area contributed by atoms with Crippen molar-refractivity contribution in [2.24, 2.45) is 5.10 Å². The molecule has 0 aliphatic heterocycles. The molecule has 5 nitrogen and oxygen atoms in total. The first-order valence-corrected chi connectivity index (χ1v) is 12.7. The SMILES string of the molecule is C=NNc1ccc(/C(=C(\CC)c2ccc(Cl)cc2F)c2ccc(OCCCCCC(=O)O)cc2)cc1C. The van der Waals surface area contributed by atoms with Crippen molar-refractivity contribution < 1.29 is 19.0 Å². The van der Waals surface area contributed by atoms with Crippen LogP contribution in [0.4, 0.5) is 10.1 Å². The Morgan fingerprint density at radius 2 is 1.78 bits per heavy atom. The minimum Gasteiger partial charge on any atom is -0.494 e. The number of nitrogens with zero attached hydrogens (tertiary/aromatic N) is 1. The van der Waals surface area contributed by atoms with Gasteiger partial charge < -0.3 is 9.84 Å². The van der Waals surface area contributed by atoms with Gasteiger partial charge in [0.05, 0.1) is 12.3 Å². The maximum Gasteiger partial charge on any atom is 0.303 e. The zero-order valence-corrected chi connectivity index (χ0v) is 21.9. The Kier molecular flexibility index (Phi) is 10.3. The molecule has 0 saturated heterocycles. The maximum absolute atomic E-state index is 15.1. The van der Waals surface area contributed by atoms with E-state index in [1.165, 1.54) is 6.07 Å². The van der Waals surface area contributed by atoms with Gasteiger partial charge in [-0.2, -0.15) is 5.10 Å². The van der Waals surface area contributed by atoms with E-state index in [-0.39, 0.29) is 12.2 Å². The summed E-state index contributed by atoms with van der Waals surface area (Å²) in [6.45, 7) is 8.00. The molecule has 37 heavy (non-hydrogen) atoms. The minimum absolute atomic E-state index is 0.179. The van der Waals surface area contributed by atoms with Crippen molar-refractivity contribution in [2.45, 2.75) is 46.0 Å². The van der Waals surface area contributed by atoms with Crippen LogP contribution in [0, 0.1) is 12.7 Å². The Bertz CT molecular complexity index is 1270. The van der Waals surface area contributed by atoms with Crippen molar-refractivity contribution in [1.82, 2.24) is 0 Å². The molecule has 0 saturated carbocycles. The Hall–Kier alpha value is -3.64. The smallest absolute Gasteiger partial charge is 0.303 e. The lowest BCUT2D eigenvalue weighted by atomic mass is 9.87. The Balaban J connectivity index is 1.96. The summed E-state index contributed by atoms with van der Waals surface area (Å²) in [4.78, 5) is 10.6. The second kappa shape index (κ2) is 13.6. The molecule has 0 atom stereocenters. The zero-order chi connectivity index (χ0) is 26.8. The molecule has 194 valence electrons. The fraction of sp³-hybridized carbons (Fsp3) is 0.267. The molecule has 0 aliphatic carbocycles. The van der Waals surface area contributed by atoms with Crippen LogP contribution >= 0.6 is 11.6 Å². The average molecular weight is 523 g/mol. The molecule has 3 aromatic carbocycles. The van der Waals surface area contributed by atoms with Crippen molar-refractivity contribution in [3.8, 4) is 5.75 Å². The third-order valence-corrected chi connectivity index (χ3v) is 6.31. The lowest BCUT2D eigenvalue weighted by molar-refractivity contribution is -0.137. The summed E-state index contributed by atoms with van der Waals surface area (Å²) in [6.07, 6.45) is 3.02. The molecule has 0 unspecified atom stereocenters. The van der Waals surface area contributed by atoms with Gasteiger partial charge in [-0.05, 0) is 96.8 Å². The van der Waals surface area contributed by atoms with E-state index < -0.39 is 5.97 Å². The van der Waals surface area contributed by atoms with E-state index in [1.807, 2.05) is 56.3 Å². The predicted molar refractivity (Wildman–Crippen MR) is 150 cm³/mol. The third-order valence-electron chi connectivity index (χ3n) is 6.07. The summed E-state index contributed by atoms with van der Waals surface area (Å²) in [5, 5.41) is 12.9. The van der Waals surface area contributed by atoms with Crippen LogP contribution in [0.25, 0.3) is 11.1 Å². The molecule has 7 heteroatoms. The number of hydrazone groups is 1. The highest BCUT2D eigenvalue weighted by Gasteiger charge is 2.17. The molecule has 0 heterocycles. The van der Waals surface area contributed by atoms with Gasteiger partial charge in [-0.1, -0.05) is 42.8 Å². The first-order valence-electron chi connectivity index (χ1n) is 12.3.